The van der Waals surface area contributed by atoms with Crippen LogP contribution in [0, 0.1) is 11.6 Å². The molecule has 1 aromatic rings. The van der Waals surface area contributed by atoms with Crippen LogP contribution in [0.2, 0.25) is 0 Å². The predicted octanol–water partition coefficient (Wildman–Crippen LogP) is 3.88. The normalized spacial score (nSPS) is 19.7. The molecule has 4 heteroatoms. The first-order valence-electron chi connectivity index (χ1n) is 7.73. The molecule has 0 saturated carbocycles. The molecular weight excluding hydrogens is 270 g/mol. The van der Waals surface area contributed by atoms with Crippen molar-refractivity contribution in [1.82, 2.24) is 10.2 Å². The van der Waals surface area contributed by atoms with Crippen LogP contribution in [0.3, 0.4) is 0 Å². The summed E-state index contributed by atoms with van der Waals surface area (Å²) in [7, 11) is 0. The van der Waals surface area contributed by atoms with Gasteiger partial charge in [0.05, 0.1) is 0 Å². The average Bonchev–Trinajstić information content (AvgIpc) is 2.37. The average molecular weight is 296 g/mol. The lowest BCUT2D eigenvalue weighted by Crippen LogP contribution is -2.50. The van der Waals surface area contributed by atoms with Gasteiger partial charge in [0.25, 0.3) is 0 Å². The van der Waals surface area contributed by atoms with E-state index in [2.05, 4.69) is 31.0 Å². The fourth-order valence-corrected chi connectivity index (χ4v) is 2.99. The summed E-state index contributed by atoms with van der Waals surface area (Å²) in [4.78, 5) is 2.48. The van der Waals surface area contributed by atoms with Gasteiger partial charge in [0.1, 0.15) is 11.6 Å². The Morgan fingerprint density at radius 3 is 2.10 bits per heavy atom. The Kier molecular flexibility index (Phi) is 4.99. The Bertz CT molecular complexity index is 454. The fraction of sp³-hybridized carbons (Fsp3) is 0.647. The number of halogens is 2. The highest BCUT2D eigenvalue weighted by Crippen LogP contribution is 2.23. The van der Waals surface area contributed by atoms with Crippen LogP contribution in [0.5, 0.6) is 0 Å². The number of hydrogen-bond donors (Lipinski definition) is 1. The molecule has 0 amide bonds. The quantitative estimate of drug-likeness (QED) is 0.910. The van der Waals surface area contributed by atoms with Crippen LogP contribution in [0.25, 0.3) is 0 Å². The minimum absolute atomic E-state index is 0.0404. The van der Waals surface area contributed by atoms with E-state index in [0.29, 0.717) is 11.6 Å². The minimum Gasteiger partial charge on any atom is -0.307 e. The lowest BCUT2D eigenvalue weighted by atomic mass is 9.97. The Morgan fingerprint density at radius 1 is 1.10 bits per heavy atom. The van der Waals surface area contributed by atoms with E-state index in [1.165, 1.54) is 12.1 Å². The number of likely N-dealkylation sites (tertiary alicyclic amines) is 1. The molecule has 1 aliphatic heterocycles. The van der Waals surface area contributed by atoms with E-state index >= 15 is 0 Å². The zero-order valence-electron chi connectivity index (χ0n) is 13.4. The van der Waals surface area contributed by atoms with Gasteiger partial charge < -0.3 is 5.32 Å². The maximum absolute atomic E-state index is 13.3. The molecule has 0 radical (unpaired) electrons. The second-order valence-corrected chi connectivity index (χ2v) is 7.02. The van der Waals surface area contributed by atoms with E-state index in [4.69, 9.17) is 0 Å². The van der Waals surface area contributed by atoms with Gasteiger partial charge in [-0.1, -0.05) is 0 Å². The smallest absolute Gasteiger partial charge is 0.126 e. The molecule has 0 spiro atoms. The molecule has 1 N–H and O–H groups in total. The Hall–Kier alpha value is -1.00. The fourth-order valence-electron chi connectivity index (χ4n) is 2.99. The first-order valence-corrected chi connectivity index (χ1v) is 7.73. The molecule has 2 rings (SSSR count). The van der Waals surface area contributed by atoms with E-state index in [1.54, 1.807) is 0 Å². The first-order chi connectivity index (χ1) is 9.75. The molecule has 0 aliphatic carbocycles. The van der Waals surface area contributed by atoms with E-state index in [-0.39, 0.29) is 11.6 Å². The van der Waals surface area contributed by atoms with Crippen molar-refractivity contribution in [3.8, 4) is 0 Å². The maximum atomic E-state index is 13.3. The van der Waals surface area contributed by atoms with E-state index in [9.17, 15) is 8.78 Å². The largest absolute Gasteiger partial charge is 0.307 e. The van der Waals surface area contributed by atoms with Crippen molar-refractivity contribution in [3.05, 3.63) is 35.4 Å². The summed E-state index contributed by atoms with van der Waals surface area (Å²) in [6, 6.07) is 4.10. The molecule has 1 fully saturated rings. The summed E-state index contributed by atoms with van der Waals surface area (Å²) in [6.07, 6.45) is 2.14. The van der Waals surface area contributed by atoms with Crippen LogP contribution in [0.1, 0.15) is 52.1 Å². The summed E-state index contributed by atoms with van der Waals surface area (Å²) in [5.41, 5.74) is 0.883. The van der Waals surface area contributed by atoms with Gasteiger partial charge in [0, 0.05) is 36.8 Å². The number of benzene rings is 1. The Labute approximate surface area is 126 Å². The standard InChI is InChI=1S/C17H26F2N2/c1-12(13-9-14(18)11-15(19)10-13)20-16-5-7-21(8-6-16)17(2,3)4/h9-12,16,20H,5-8H2,1-4H3. The number of nitrogens with zero attached hydrogens (tertiary/aromatic N) is 1. The Morgan fingerprint density at radius 2 is 1.62 bits per heavy atom. The molecule has 1 unspecified atom stereocenters. The van der Waals surface area contributed by atoms with Crippen LogP contribution in [-0.4, -0.2) is 29.6 Å². The van der Waals surface area contributed by atoms with E-state index in [1.807, 2.05) is 6.92 Å². The molecule has 1 saturated heterocycles. The zero-order chi connectivity index (χ0) is 15.6. The molecular formula is C17H26F2N2. The van der Waals surface area contributed by atoms with Gasteiger partial charge in [-0.05, 0) is 58.2 Å². The zero-order valence-corrected chi connectivity index (χ0v) is 13.4. The highest BCUT2D eigenvalue weighted by atomic mass is 19.1. The molecule has 2 nitrogen and oxygen atoms in total. The molecule has 1 heterocycles. The number of nitrogens with one attached hydrogen (secondary N) is 1. The summed E-state index contributed by atoms with van der Waals surface area (Å²) in [5.74, 6) is -1.03. The molecule has 0 aromatic heterocycles. The third kappa shape index (κ3) is 4.48. The number of piperidine rings is 1. The third-order valence-electron chi connectivity index (χ3n) is 4.31. The lowest BCUT2D eigenvalue weighted by Gasteiger charge is -2.41. The first kappa shape index (κ1) is 16.4. The molecule has 1 aromatic carbocycles. The van der Waals surface area contributed by atoms with Crippen molar-refractivity contribution in [2.24, 2.45) is 0 Å². The van der Waals surface area contributed by atoms with E-state index in [0.717, 1.165) is 32.0 Å². The summed E-state index contributed by atoms with van der Waals surface area (Å²) < 4.78 is 26.5. The Balaban J connectivity index is 1.91. The van der Waals surface area contributed by atoms with Crippen molar-refractivity contribution in [3.63, 3.8) is 0 Å². The molecule has 0 bridgehead atoms. The predicted molar refractivity (Wildman–Crippen MR) is 82.3 cm³/mol. The van der Waals surface area contributed by atoms with Gasteiger partial charge >= 0.3 is 0 Å². The maximum Gasteiger partial charge on any atom is 0.126 e. The minimum atomic E-state index is -0.513. The number of rotatable bonds is 3. The summed E-state index contributed by atoms with van der Waals surface area (Å²) >= 11 is 0. The van der Waals surface area contributed by atoms with Crippen LogP contribution in [0.15, 0.2) is 18.2 Å². The van der Waals surface area contributed by atoms with Crippen molar-refractivity contribution < 1.29 is 8.78 Å². The second-order valence-electron chi connectivity index (χ2n) is 7.02. The molecule has 1 atom stereocenters. The molecule has 21 heavy (non-hydrogen) atoms. The van der Waals surface area contributed by atoms with Gasteiger partial charge in [-0.15, -0.1) is 0 Å². The highest BCUT2D eigenvalue weighted by molar-refractivity contribution is 5.21. The number of hydrogen-bond acceptors (Lipinski definition) is 2. The van der Waals surface area contributed by atoms with Crippen molar-refractivity contribution in [2.75, 3.05) is 13.1 Å². The van der Waals surface area contributed by atoms with Gasteiger partial charge in [-0.3, -0.25) is 4.90 Å². The van der Waals surface area contributed by atoms with Crippen molar-refractivity contribution >= 4 is 0 Å². The van der Waals surface area contributed by atoms with Gasteiger partial charge in [-0.2, -0.15) is 0 Å². The second kappa shape index (κ2) is 6.41. The van der Waals surface area contributed by atoms with Crippen LogP contribution in [0.4, 0.5) is 8.78 Å². The molecule has 1 aliphatic rings. The van der Waals surface area contributed by atoms with Crippen molar-refractivity contribution in [2.45, 2.75) is 58.2 Å². The van der Waals surface area contributed by atoms with Crippen LogP contribution in [-0.2, 0) is 0 Å². The van der Waals surface area contributed by atoms with E-state index < -0.39 is 11.6 Å². The SMILES string of the molecule is CC(NC1CCN(C(C)(C)C)CC1)c1cc(F)cc(F)c1. The van der Waals surface area contributed by atoms with Crippen molar-refractivity contribution in [1.29, 1.82) is 0 Å². The van der Waals surface area contributed by atoms with Gasteiger partial charge in [0.15, 0.2) is 0 Å². The van der Waals surface area contributed by atoms with Gasteiger partial charge in [-0.25, -0.2) is 8.78 Å². The molecule has 118 valence electrons. The van der Waals surface area contributed by atoms with Crippen LogP contribution < -0.4 is 5.32 Å². The van der Waals surface area contributed by atoms with Gasteiger partial charge in [0.2, 0.25) is 0 Å². The topological polar surface area (TPSA) is 15.3 Å². The third-order valence-corrected chi connectivity index (χ3v) is 4.31. The highest BCUT2D eigenvalue weighted by Gasteiger charge is 2.27. The van der Waals surface area contributed by atoms with Crippen LogP contribution >= 0.6 is 0 Å². The summed E-state index contributed by atoms with van der Waals surface area (Å²) in [6.45, 7) is 10.8. The lowest BCUT2D eigenvalue weighted by molar-refractivity contribution is 0.0942. The summed E-state index contributed by atoms with van der Waals surface area (Å²) in [5, 5.41) is 3.50. The monoisotopic (exact) mass is 296 g/mol.